The Morgan fingerprint density at radius 3 is 2.62 bits per heavy atom. The summed E-state index contributed by atoms with van der Waals surface area (Å²) in [5, 5.41) is 0. The third-order valence-electron chi connectivity index (χ3n) is 6.61. The summed E-state index contributed by atoms with van der Waals surface area (Å²) in [6.07, 6.45) is 6.49. The lowest BCUT2D eigenvalue weighted by atomic mass is 9.66. The Hall–Kier alpha value is -1.39. The quantitative estimate of drug-likeness (QED) is 0.784. The van der Waals surface area contributed by atoms with Gasteiger partial charge in [0.25, 0.3) is 0 Å². The van der Waals surface area contributed by atoms with Crippen molar-refractivity contribution < 1.29 is 14.3 Å². The third kappa shape index (κ3) is 4.29. The molecular formula is C22H31NO3. The first-order valence-electron chi connectivity index (χ1n) is 10.2. The standard InChI is InChI=1S/C22H31NO3/c24-21(14-18-4-2-1-3-5-18)23-11-8-22(9-12-23)10-13-25-16-20(22)17-26-15-19-6-7-19/h1-5,19-20H,6-17H2/t20-/m0/s1. The number of hydrogen-bond acceptors (Lipinski definition) is 3. The molecule has 0 bridgehead atoms. The number of piperidine rings is 1. The number of carbonyl (C=O) groups is 1. The Morgan fingerprint density at radius 1 is 1.12 bits per heavy atom. The van der Waals surface area contributed by atoms with Crippen LogP contribution in [0.5, 0.6) is 0 Å². The van der Waals surface area contributed by atoms with Crippen LogP contribution < -0.4 is 0 Å². The largest absolute Gasteiger partial charge is 0.381 e. The van der Waals surface area contributed by atoms with Gasteiger partial charge in [-0.15, -0.1) is 0 Å². The van der Waals surface area contributed by atoms with Gasteiger partial charge < -0.3 is 14.4 Å². The Balaban J connectivity index is 1.30. The van der Waals surface area contributed by atoms with Gasteiger partial charge in [0.1, 0.15) is 0 Å². The van der Waals surface area contributed by atoms with E-state index in [1.165, 1.54) is 12.8 Å². The zero-order valence-electron chi connectivity index (χ0n) is 15.7. The van der Waals surface area contributed by atoms with E-state index in [4.69, 9.17) is 9.47 Å². The summed E-state index contributed by atoms with van der Waals surface area (Å²) >= 11 is 0. The van der Waals surface area contributed by atoms with E-state index in [1.54, 1.807) is 0 Å². The van der Waals surface area contributed by atoms with Crippen molar-refractivity contribution in [2.24, 2.45) is 17.3 Å². The van der Waals surface area contributed by atoms with Crippen LogP contribution in [0.1, 0.15) is 37.7 Å². The smallest absolute Gasteiger partial charge is 0.226 e. The van der Waals surface area contributed by atoms with Crippen LogP contribution in [0.15, 0.2) is 30.3 Å². The van der Waals surface area contributed by atoms with Crippen LogP contribution in [0, 0.1) is 17.3 Å². The first kappa shape index (κ1) is 18.0. The topological polar surface area (TPSA) is 38.8 Å². The summed E-state index contributed by atoms with van der Waals surface area (Å²) in [7, 11) is 0. The Labute approximate surface area is 156 Å². The van der Waals surface area contributed by atoms with E-state index in [9.17, 15) is 4.79 Å². The predicted octanol–water partition coefficient (Wildman–Crippen LogP) is 3.30. The lowest BCUT2D eigenvalue weighted by Crippen LogP contribution is -2.50. The highest BCUT2D eigenvalue weighted by Gasteiger charge is 2.44. The van der Waals surface area contributed by atoms with Crippen LogP contribution in [0.3, 0.4) is 0 Å². The Morgan fingerprint density at radius 2 is 1.88 bits per heavy atom. The van der Waals surface area contributed by atoms with Crippen molar-refractivity contribution in [1.29, 1.82) is 0 Å². The molecule has 0 radical (unpaired) electrons. The molecule has 2 saturated heterocycles. The van der Waals surface area contributed by atoms with Gasteiger partial charge >= 0.3 is 0 Å². The molecule has 1 aliphatic carbocycles. The van der Waals surface area contributed by atoms with Gasteiger partial charge in [0.15, 0.2) is 0 Å². The maximum atomic E-state index is 12.7. The van der Waals surface area contributed by atoms with Crippen molar-refractivity contribution in [3.8, 4) is 0 Å². The van der Waals surface area contributed by atoms with Gasteiger partial charge in [0, 0.05) is 32.2 Å². The van der Waals surface area contributed by atoms with Crippen molar-refractivity contribution in [2.75, 3.05) is 39.5 Å². The maximum absolute atomic E-state index is 12.7. The fourth-order valence-corrected chi connectivity index (χ4v) is 4.51. The van der Waals surface area contributed by atoms with Crippen LogP contribution in [-0.4, -0.2) is 50.3 Å². The van der Waals surface area contributed by atoms with Crippen molar-refractivity contribution >= 4 is 5.91 Å². The minimum atomic E-state index is 0.264. The number of ether oxygens (including phenoxy) is 2. The van der Waals surface area contributed by atoms with Crippen LogP contribution >= 0.6 is 0 Å². The third-order valence-corrected chi connectivity index (χ3v) is 6.61. The minimum absolute atomic E-state index is 0.264. The van der Waals surface area contributed by atoms with Gasteiger partial charge in [-0.25, -0.2) is 0 Å². The molecule has 142 valence electrons. The molecule has 4 rings (SSSR count). The first-order chi connectivity index (χ1) is 12.8. The molecule has 1 aromatic carbocycles. The average Bonchev–Trinajstić information content (AvgIpc) is 3.49. The number of nitrogens with zero attached hydrogens (tertiary/aromatic N) is 1. The zero-order valence-corrected chi connectivity index (χ0v) is 15.7. The van der Waals surface area contributed by atoms with Gasteiger partial charge in [-0.05, 0) is 49.0 Å². The van der Waals surface area contributed by atoms with E-state index < -0.39 is 0 Å². The molecule has 3 fully saturated rings. The van der Waals surface area contributed by atoms with Gasteiger partial charge in [-0.3, -0.25) is 4.79 Å². The monoisotopic (exact) mass is 357 g/mol. The summed E-state index contributed by atoms with van der Waals surface area (Å²) in [6, 6.07) is 10.1. The fourth-order valence-electron chi connectivity index (χ4n) is 4.51. The predicted molar refractivity (Wildman–Crippen MR) is 101 cm³/mol. The van der Waals surface area contributed by atoms with Crippen molar-refractivity contribution in [1.82, 2.24) is 4.90 Å². The van der Waals surface area contributed by atoms with E-state index in [1.807, 2.05) is 30.3 Å². The Kier molecular flexibility index (Phi) is 5.60. The average molecular weight is 357 g/mol. The van der Waals surface area contributed by atoms with Gasteiger partial charge in [0.2, 0.25) is 5.91 Å². The molecule has 1 aromatic rings. The normalized spacial score (nSPS) is 25.4. The second-order valence-corrected chi connectivity index (χ2v) is 8.41. The number of likely N-dealkylation sites (tertiary alicyclic amines) is 1. The van der Waals surface area contributed by atoms with Crippen LogP contribution in [0.4, 0.5) is 0 Å². The first-order valence-corrected chi connectivity index (χ1v) is 10.2. The van der Waals surface area contributed by atoms with E-state index >= 15 is 0 Å². The molecule has 0 unspecified atom stereocenters. The van der Waals surface area contributed by atoms with Crippen LogP contribution in [-0.2, 0) is 20.7 Å². The Bertz CT molecular complexity index is 591. The molecule has 1 amide bonds. The number of rotatable bonds is 6. The SMILES string of the molecule is O=C(Cc1ccccc1)N1CCC2(CCOC[C@H]2COCC2CC2)CC1. The molecule has 0 N–H and O–H groups in total. The molecule has 1 spiro atoms. The molecule has 0 aromatic heterocycles. The molecular weight excluding hydrogens is 326 g/mol. The highest BCUT2D eigenvalue weighted by Crippen LogP contribution is 2.45. The van der Waals surface area contributed by atoms with E-state index in [0.717, 1.165) is 70.3 Å². The lowest BCUT2D eigenvalue weighted by Gasteiger charge is -2.49. The van der Waals surface area contributed by atoms with Crippen molar-refractivity contribution in [2.45, 2.75) is 38.5 Å². The maximum Gasteiger partial charge on any atom is 0.226 e. The summed E-state index contributed by atoms with van der Waals surface area (Å²) in [5.74, 6) is 1.56. The van der Waals surface area contributed by atoms with Crippen LogP contribution in [0.25, 0.3) is 0 Å². The summed E-state index contributed by atoms with van der Waals surface area (Å²) < 4.78 is 11.8. The second-order valence-electron chi connectivity index (χ2n) is 8.41. The van der Waals surface area contributed by atoms with E-state index in [0.29, 0.717) is 17.8 Å². The van der Waals surface area contributed by atoms with Crippen molar-refractivity contribution in [3.05, 3.63) is 35.9 Å². The fraction of sp³-hybridized carbons (Fsp3) is 0.682. The molecule has 3 aliphatic rings. The molecule has 2 heterocycles. The molecule has 2 aliphatic heterocycles. The molecule has 4 heteroatoms. The molecule has 26 heavy (non-hydrogen) atoms. The highest BCUT2D eigenvalue weighted by atomic mass is 16.5. The van der Waals surface area contributed by atoms with Gasteiger partial charge in [-0.1, -0.05) is 30.3 Å². The molecule has 1 saturated carbocycles. The van der Waals surface area contributed by atoms with Gasteiger partial charge in [0.05, 0.1) is 19.6 Å². The number of carbonyl (C=O) groups excluding carboxylic acids is 1. The number of benzene rings is 1. The summed E-state index contributed by atoms with van der Waals surface area (Å²) in [4.78, 5) is 14.7. The van der Waals surface area contributed by atoms with Gasteiger partial charge in [-0.2, -0.15) is 0 Å². The number of hydrogen-bond donors (Lipinski definition) is 0. The highest BCUT2D eigenvalue weighted by molar-refractivity contribution is 5.78. The lowest BCUT2D eigenvalue weighted by molar-refractivity contribution is -0.138. The number of amides is 1. The van der Waals surface area contributed by atoms with Crippen molar-refractivity contribution in [3.63, 3.8) is 0 Å². The zero-order chi connectivity index (χ0) is 17.8. The van der Waals surface area contributed by atoms with E-state index in [2.05, 4.69) is 4.90 Å². The summed E-state index contributed by atoms with van der Waals surface area (Å²) in [5.41, 5.74) is 1.42. The molecule has 4 nitrogen and oxygen atoms in total. The minimum Gasteiger partial charge on any atom is -0.381 e. The second kappa shape index (κ2) is 8.10. The van der Waals surface area contributed by atoms with Crippen LogP contribution in [0.2, 0.25) is 0 Å². The van der Waals surface area contributed by atoms with E-state index in [-0.39, 0.29) is 5.91 Å². The molecule has 1 atom stereocenters. The summed E-state index contributed by atoms with van der Waals surface area (Å²) in [6.45, 7) is 5.19.